The Morgan fingerprint density at radius 2 is 1.64 bits per heavy atom. The third kappa shape index (κ3) is 1.31. The molecule has 2 bridgehead atoms. The van der Waals surface area contributed by atoms with Gasteiger partial charge in [0.15, 0.2) is 6.29 Å². The lowest BCUT2D eigenvalue weighted by Crippen LogP contribution is -2.27. The van der Waals surface area contributed by atoms with Gasteiger partial charge in [0.05, 0.1) is 12.2 Å². The van der Waals surface area contributed by atoms with Gasteiger partial charge in [0.2, 0.25) is 0 Å². The Kier molecular flexibility index (Phi) is 2.10. The van der Waals surface area contributed by atoms with E-state index < -0.39 is 0 Å². The van der Waals surface area contributed by atoms with E-state index in [0.29, 0.717) is 18.1 Å². The zero-order valence-electron chi connectivity index (χ0n) is 9.11. The first kappa shape index (κ1) is 9.17. The van der Waals surface area contributed by atoms with Crippen LogP contribution < -0.4 is 0 Å². The van der Waals surface area contributed by atoms with Crippen molar-refractivity contribution in [1.29, 1.82) is 0 Å². The molecule has 0 N–H and O–H groups in total. The first-order valence-electron chi connectivity index (χ1n) is 6.05. The average Bonchev–Trinajstić information content (AvgIpc) is 2.82. The highest BCUT2D eigenvalue weighted by Crippen LogP contribution is 2.51. The van der Waals surface area contributed by atoms with Crippen molar-refractivity contribution in [3.8, 4) is 0 Å². The van der Waals surface area contributed by atoms with E-state index in [4.69, 9.17) is 9.47 Å². The maximum Gasteiger partial charge on any atom is 0.161 e. The fraction of sp³-hybridized carbons (Fsp3) is 1.00. The summed E-state index contributed by atoms with van der Waals surface area (Å²) < 4.78 is 11.8. The quantitative estimate of drug-likeness (QED) is 0.641. The topological polar surface area (TPSA) is 18.5 Å². The number of ether oxygens (including phenoxy) is 2. The summed E-state index contributed by atoms with van der Waals surface area (Å²) in [4.78, 5) is 0. The monoisotopic (exact) mass is 196 g/mol. The summed E-state index contributed by atoms with van der Waals surface area (Å²) in [7, 11) is 0. The molecule has 0 amide bonds. The Hall–Kier alpha value is -0.0800. The van der Waals surface area contributed by atoms with Crippen LogP contribution in [0.1, 0.15) is 39.5 Å². The lowest BCUT2D eigenvalue weighted by atomic mass is 9.88. The summed E-state index contributed by atoms with van der Waals surface area (Å²) in [6.07, 6.45) is 6.37. The molecular weight excluding hydrogens is 176 g/mol. The molecule has 0 aromatic carbocycles. The van der Waals surface area contributed by atoms with Crippen LogP contribution in [0.3, 0.4) is 0 Å². The van der Waals surface area contributed by atoms with Crippen LogP contribution in [-0.2, 0) is 9.47 Å². The first-order chi connectivity index (χ1) is 6.74. The molecule has 1 heterocycles. The van der Waals surface area contributed by atoms with Gasteiger partial charge in [-0.1, -0.05) is 6.42 Å². The normalized spacial score (nSPS) is 57.0. The fourth-order valence-corrected chi connectivity index (χ4v) is 3.51. The minimum Gasteiger partial charge on any atom is -0.347 e. The SMILES string of the molecule is CC1OC(C2CC3CCC2C3)OC1C. The van der Waals surface area contributed by atoms with Gasteiger partial charge in [0, 0.05) is 5.92 Å². The van der Waals surface area contributed by atoms with Crippen molar-refractivity contribution < 1.29 is 9.47 Å². The number of hydrogen-bond donors (Lipinski definition) is 0. The van der Waals surface area contributed by atoms with Gasteiger partial charge in [-0.25, -0.2) is 0 Å². The zero-order valence-corrected chi connectivity index (χ0v) is 9.11. The Morgan fingerprint density at radius 1 is 0.929 bits per heavy atom. The van der Waals surface area contributed by atoms with Gasteiger partial charge in [0.25, 0.3) is 0 Å². The van der Waals surface area contributed by atoms with E-state index in [0.717, 1.165) is 11.8 Å². The van der Waals surface area contributed by atoms with Crippen LogP contribution >= 0.6 is 0 Å². The molecule has 3 aliphatic rings. The lowest BCUT2D eigenvalue weighted by Gasteiger charge is -2.26. The van der Waals surface area contributed by atoms with Gasteiger partial charge < -0.3 is 9.47 Å². The summed E-state index contributed by atoms with van der Waals surface area (Å²) in [5, 5.41) is 0. The molecule has 0 aromatic heterocycles. The van der Waals surface area contributed by atoms with E-state index in [1.165, 1.54) is 25.7 Å². The van der Waals surface area contributed by atoms with Crippen LogP contribution in [-0.4, -0.2) is 18.5 Å². The van der Waals surface area contributed by atoms with Crippen molar-refractivity contribution in [2.45, 2.75) is 58.0 Å². The third-order valence-corrected chi connectivity index (χ3v) is 4.50. The molecule has 1 aliphatic heterocycles. The largest absolute Gasteiger partial charge is 0.347 e. The molecule has 5 atom stereocenters. The van der Waals surface area contributed by atoms with Crippen LogP contribution in [0.25, 0.3) is 0 Å². The molecule has 2 saturated carbocycles. The van der Waals surface area contributed by atoms with Crippen molar-refractivity contribution in [3.63, 3.8) is 0 Å². The number of rotatable bonds is 1. The van der Waals surface area contributed by atoms with E-state index >= 15 is 0 Å². The molecule has 2 aliphatic carbocycles. The van der Waals surface area contributed by atoms with Crippen molar-refractivity contribution >= 4 is 0 Å². The molecule has 2 nitrogen and oxygen atoms in total. The number of hydrogen-bond acceptors (Lipinski definition) is 2. The Bertz CT molecular complexity index is 218. The first-order valence-corrected chi connectivity index (χ1v) is 6.05. The summed E-state index contributed by atoms with van der Waals surface area (Å²) >= 11 is 0. The van der Waals surface area contributed by atoms with Crippen LogP contribution in [0, 0.1) is 17.8 Å². The van der Waals surface area contributed by atoms with Gasteiger partial charge in [-0.15, -0.1) is 0 Å². The molecular formula is C12H20O2. The van der Waals surface area contributed by atoms with E-state index in [2.05, 4.69) is 13.8 Å². The smallest absolute Gasteiger partial charge is 0.161 e. The second-order valence-electron chi connectivity index (χ2n) is 5.39. The summed E-state index contributed by atoms with van der Waals surface area (Å²) in [6.45, 7) is 4.25. The standard InChI is InChI=1S/C12H20O2/c1-7-8(2)14-12(13-7)11-6-9-3-4-10(11)5-9/h7-12H,3-6H2,1-2H3. The minimum atomic E-state index is 0.121. The molecule has 2 heteroatoms. The van der Waals surface area contributed by atoms with Gasteiger partial charge in [-0.05, 0) is 44.9 Å². The van der Waals surface area contributed by atoms with Crippen LogP contribution in [0.4, 0.5) is 0 Å². The average molecular weight is 196 g/mol. The predicted molar refractivity (Wildman–Crippen MR) is 53.8 cm³/mol. The van der Waals surface area contributed by atoms with E-state index in [1.54, 1.807) is 0 Å². The highest BCUT2D eigenvalue weighted by Gasteiger charge is 2.47. The zero-order chi connectivity index (χ0) is 9.71. The van der Waals surface area contributed by atoms with Gasteiger partial charge in [-0.3, -0.25) is 0 Å². The Morgan fingerprint density at radius 3 is 2.14 bits per heavy atom. The van der Waals surface area contributed by atoms with Gasteiger partial charge in [0.1, 0.15) is 0 Å². The summed E-state index contributed by atoms with van der Waals surface area (Å²) in [5.41, 5.74) is 0. The van der Waals surface area contributed by atoms with E-state index in [9.17, 15) is 0 Å². The molecule has 0 aromatic rings. The Labute approximate surface area is 86.0 Å². The van der Waals surface area contributed by atoms with Crippen molar-refractivity contribution in [3.05, 3.63) is 0 Å². The van der Waals surface area contributed by atoms with Crippen molar-refractivity contribution in [2.24, 2.45) is 17.8 Å². The van der Waals surface area contributed by atoms with E-state index in [1.807, 2.05) is 0 Å². The second kappa shape index (κ2) is 3.21. The molecule has 3 fully saturated rings. The third-order valence-electron chi connectivity index (χ3n) is 4.50. The van der Waals surface area contributed by atoms with E-state index in [-0.39, 0.29) is 6.29 Å². The van der Waals surface area contributed by atoms with Crippen LogP contribution in [0.2, 0.25) is 0 Å². The molecule has 3 rings (SSSR count). The molecule has 0 spiro atoms. The maximum atomic E-state index is 5.89. The highest BCUT2D eigenvalue weighted by atomic mass is 16.7. The van der Waals surface area contributed by atoms with Gasteiger partial charge in [-0.2, -0.15) is 0 Å². The highest BCUT2D eigenvalue weighted by molar-refractivity contribution is 4.93. The van der Waals surface area contributed by atoms with Gasteiger partial charge >= 0.3 is 0 Å². The predicted octanol–water partition coefficient (Wildman–Crippen LogP) is 2.57. The molecule has 5 unspecified atom stereocenters. The Balaban J connectivity index is 1.67. The number of fused-ring (bicyclic) bond motifs is 2. The molecule has 1 saturated heterocycles. The lowest BCUT2D eigenvalue weighted by molar-refractivity contribution is -0.114. The van der Waals surface area contributed by atoms with Crippen molar-refractivity contribution in [2.75, 3.05) is 0 Å². The van der Waals surface area contributed by atoms with Crippen LogP contribution in [0.15, 0.2) is 0 Å². The summed E-state index contributed by atoms with van der Waals surface area (Å²) in [6, 6.07) is 0. The molecule has 0 radical (unpaired) electrons. The fourth-order valence-electron chi connectivity index (χ4n) is 3.51. The molecule has 14 heavy (non-hydrogen) atoms. The van der Waals surface area contributed by atoms with Crippen LogP contribution in [0.5, 0.6) is 0 Å². The molecule has 80 valence electrons. The maximum absolute atomic E-state index is 5.89. The van der Waals surface area contributed by atoms with Crippen molar-refractivity contribution in [1.82, 2.24) is 0 Å². The second-order valence-corrected chi connectivity index (χ2v) is 5.39. The minimum absolute atomic E-state index is 0.121. The summed E-state index contributed by atoms with van der Waals surface area (Å²) in [5.74, 6) is 2.60.